The lowest BCUT2D eigenvalue weighted by atomic mass is 9.94. The Balaban J connectivity index is 2.16. The average molecular weight is 376 g/mol. The van der Waals surface area contributed by atoms with Gasteiger partial charge >= 0.3 is 0 Å². The van der Waals surface area contributed by atoms with Crippen molar-refractivity contribution in [2.45, 2.75) is 24.6 Å². The molecule has 1 aliphatic rings. The van der Waals surface area contributed by atoms with Gasteiger partial charge in [0.25, 0.3) is 11.6 Å². The van der Waals surface area contributed by atoms with Crippen molar-refractivity contribution >= 4 is 39.1 Å². The summed E-state index contributed by atoms with van der Waals surface area (Å²) < 4.78 is 0. The van der Waals surface area contributed by atoms with Gasteiger partial charge in [-0.3, -0.25) is 14.9 Å². The van der Waals surface area contributed by atoms with Gasteiger partial charge < -0.3 is 4.90 Å². The summed E-state index contributed by atoms with van der Waals surface area (Å²) in [5.74, 6) is 0.244. The Kier molecular flexibility index (Phi) is 5.22. The SMILES string of the molecule is CC(Br)C1CCN(C(=O)c2ccc(Cl)cc2[N+](=O)[O-])CC1. The number of alkyl halides is 1. The van der Waals surface area contributed by atoms with Crippen LogP contribution in [0.2, 0.25) is 5.02 Å². The minimum atomic E-state index is -0.563. The molecule has 1 aliphatic heterocycles. The van der Waals surface area contributed by atoms with Crippen molar-refractivity contribution in [3.63, 3.8) is 0 Å². The summed E-state index contributed by atoms with van der Waals surface area (Å²) in [6.45, 7) is 3.35. The predicted octanol–water partition coefficient (Wildman–Crippen LogP) is 3.88. The lowest BCUT2D eigenvalue weighted by Crippen LogP contribution is -2.40. The Labute approximate surface area is 136 Å². The lowest BCUT2D eigenvalue weighted by Gasteiger charge is -2.33. The fraction of sp³-hybridized carbons (Fsp3) is 0.500. The molecule has 1 aromatic carbocycles. The number of benzene rings is 1. The van der Waals surface area contributed by atoms with E-state index >= 15 is 0 Å². The second kappa shape index (κ2) is 6.75. The summed E-state index contributed by atoms with van der Waals surface area (Å²) in [6.07, 6.45) is 1.80. The molecule has 21 heavy (non-hydrogen) atoms. The van der Waals surface area contributed by atoms with Gasteiger partial charge in [-0.25, -0.2) is 0 Å². The molecule has 0 N–H and O–H groups in total. The second-order valence-corrected chi connectivity index (χ2v) is 7.11. The Morgan fingerprint density at radius 3 is 2.62 bits per heavy atom. The number of likely N-dealkylation sites (tertiary alicyclic amines) is 1. The van der Waals surface area contributed by atoms with E-state index in [1.165, 1.54) is 18.2 Å². The Hall–Kier alpha value is -1.14. The van der Waals surface area contributed by atoms with Crippen LogP contribution in [0.5, 0.6) is 0 Å². The molecule has 1 saturated heterocycles. The van der Waals surface area contributed by atoms with E-state index in [0.29, 0.717) is 23.8 Å². The monoisotopic (exact) mass is 374 g/mol. The van der Waals surface area contributed by atoms with E-state index in [4.69, 9.17) is 11.6 Å². The summed E-state index contributed by atoms with van der Waals surface area (Å²) >= 11 is 9.34. The van der Waals surface area contributed by atoms with Crippen LogP contribution < -0.4 is 0 Å². The highest BCUT2D eigenvalue weighted by Crippen LogP contribution is 2.28. The van der Waals surface area contributed by atoms with E-state index in [-0.39, 0.29) is 22.2 Å². The molecule has 1 amide bonds. The number of rotatable bonds is 3. The summed E-state index contributed by atoms with van der Waals surface area (Å²) in [5, 5.41) is 11.3. The highest BCUT2D eigenvalue weighted by Gasteiger charge is 2.29. The normalized spacial score (nSPS) is 17.6. The fourth-order valence-electron chi connectivity index (χ4n) is 2.57. The van der Waals surface area contributed by atoms with Gasteiger partial charge in [0.2, 0.25) is 0 Å². The molecule has 1 aromatic rings. The van der Waals surface area contributed by atoms with Gasteiger partial charge in [-0.05, 0) is 30.9 Å². The molecular weight excluding hydrogens is 360 g/mol. The number of amides is 1. The first kappa shape index (κ1) is 16.2. The molecule has 5 nitrogen and oxygen atoms in total. The molecule has 2 rings (SSSR count). The third-order valence-corrected chi connectivity index (χ3v) is 4.85. The van der Waals surface area contributed by atoms with Crippen LogP contribution in [0.25, 0.3) is 0 Å². The van der Waals surface area contributed by atoms with Gasteiger partial charge in [-0.15, -0.1) is 0 Å². The molecule has 0 aliphatic carbocycles. The smallest absolute Gasteiger partial charge is 0.283 e. The fourth-order valence-corrected chi connectivity index (χ4v) is 3.26. The standard InChI is InChI=1S/C14H16BrClN2O3/c1-9(15)10-4-6-17(7-5-10)14(19)12-3-2-11(16)8-13(12)18(20)21/h2-3,8-10H,4-7H2,1H3. The third kappa shape index (κ3) is 3.74. The minimum Gasteiger partial charge on any atom is -0.338 e. The number of nitro benzene ring substituents is 1. The quantitative estimate of drug-likeness (QED) is 0.457. The maximum Gasteiger partial charge on any atom is 0.283 e. The van der Waals surface area contributed by atoms with Crippen LogP contribution >= 0.6 is 27.5 Å². The average Bonchev–Trinajstić information content (AvgIpc) is 2.46. The first-order valence-electron chi connectivity index (χ1n) is 6.77. The number of nitro groups is 1. The Morgan fingerprint density at radius 1 is 1.48 bits per heavy atom. The van der Waals surface area contributed by atoms with Gasteiger partial charge in [0.1, 0.15) is 5.56 Å². The molecule has 1 fully saturated rings. The first-order chi connectivity index (χ1) is 9.90. The second-order valence-electron chi connectivity index (χ2n) is 5.23. The first-order valence-corrected chi connectivity index (χ1v) is 8.06. The maximum absolute atomic E-state index is 12.5. The third-order valence-electron chi connectivity index (χ3n) is 3.86. The molecule has 1 heterocycles. The number of halogens is 2. The van der Waals surface area contributed by atoms with Crippen molar-refractivity contribution in [1.82, 2.24) is 4.90 Å². The van der Waals surface area contributed by atoms with Crippen LogP contribution in [0.15, 0.2) is 18.2 Å². The zero-order valence-electron chi connectivity index (χ0n) is 11.6. The molecule has 1 atom stereocenters. The Morgan fingerprint density at radius 2 is 2.10 bits per heavy atom. The van der Waals surface area contributed by atoms with Crippen LogP contribution in [-0.2, 0) is 0 Å². The van der Waals surface area contributed by atoms with Crippen LogP contribution in [0.1, 0.15) is 30.1 Å². The number of nitrogens with zero attached hydrogens (tertiary/aromatic N) is 2. The molecule has 1 unspecified atom stereocenters. The van der Waals surface area contributed by atoms with E-state index < -0.39 is 4.92 Å². The highest BCUT2D eigenvalue weighted by molar-refractivity contribution is 9.09. The van der Waals surface area contributed by atoms with Crippen molar-refractivity contribution in [3.8, 4) is 0 Å². The maximum atomic E-state index is 12.5. The predicted molar refractivity (Wildman–Crippen MR) is 85.1 cm³/mol. The largest absolute Gasteiger partial charge is 0.338 e. The van der Waals surface area contributed by atoms with Gasteiger partial charge in [0.05, 0.1) is 4.92 Å². The molecule has 0 bridgehead atoms. The number of carbonyl (C=O) groups excluding carboxylic acids is 1. The van der Waals surface area contributed by atoms with Gasteiger partial charge in [-0.2, -0.15) is 0 Å². The number of piperidine rings is 1. The molecule has 114 valence electrons. The van der Waals surface area contributed by atoms with Crippen molar-refractivity contribution in [2.75, 3.05) is 13.1 Å². The van der Waals surface area contributed by atoms with Crippen molar-refractivity contribution in [3.05, 3.63) is 38.9 Å². The Bertz CT molecular complexity index is 557. The molecule has 7 heteroatoms. The van der Waals surface area contributed by atoms with E-state index in [9.17, 15) is 14.9 Å². The molecule has 0 radical (unpaired) electrons. The number of hydrogen-bond acceptors (Lipinski definition) is 3. The van der Waals surface area contributed by atoms with Crippen molar-refractivity contribution < 1.29 is 9.72 Å². The van der Waals surface area contributed by atoms with Gasteiger partial charge in [0.15, 0.2) is 0 Å². The van der Waals surface area contributed by atoms with Gasteiger partial charge in [0, 0.05) is 29.0 Å². The van der Waals surface area contributed by atoms with Gasteiger partial charge in [-0.1, -0.05) is 34.5 Å². The minimum absolute atomic E-state index is 0.106. The van der Waals surface area contributed by atoms with Crippen molar-refractivity contribution in [2.24, 2.45) is 5.92 Å². The summed E-state index contributed by atoms with van der Waals surface area (Å²) in [7, 11) is 0. The van der Waals surface area contributed by atoms with E-state index in [1.807, 2.05) is 0 Å². The summed E-state index contributed by atoms with van der Waals surface area (Å²) in [4.78, 5) is 25.1. The van der Waals surface area contributed by atoms with Crippen molar-refractivity contribution in [1.29, 1.82) is 0 Å². The van der Waals surface area contributed by atoms with E-state index in [2.05, 4.69) is 22.9 Å². The number of carbonyl (C=O) groups is 1. The highest BCUT2D eigenvalue weighted by atomic mass is 79.9. The molecule has 0 saturated carbocycles. The molecule has 0 aromatic heterocycles. The zero-order chi connectivity index (χ0) is 15.6. The topological polar surface area (TPSA) is 63.5 Å². The molecule has 0 spiro atoms. The van der Waals surface area contributed by atoms with Crippen LogP contribution in [-0.4, -0.2) is 33.6 Å². The van der Waals surface area contributed by atoms with Crippen LogP contribution in [0, 0.1) is 16.0 Å². The molecular formula is C14H16BrClN2O3. The zero-order valence-corrected chi connectivity index (χ0v) is 13.9. The van der Waals surface area contributed by atoms with Crippen LogP contribution in [0.4, 0.5) is 5.69 Å². The lowest BCUT2D eigenvalue weighted by molar-refractivity contribution is -0.385. The van der Waals surface area contributed by atoms with Crippen LogP contribution in [0.3, 0.4) is 0 Å². The summed E-state index contributed by atoms with van der Waals surface area (Å²) in [6, 6.07) is 4.17. The van der Waals surface area contributed by atoms with E-state index in [1.54, 1.807) is 4.90 Å². The van der Waals surface area contributed by atoms with E-state index in [0.717, 1.165) is 12.8 Å². The summed E-state index contributed by atoms with van der Waals surface area (Å²) in [5.41, 5.74) is -0.127. The number of hydrogen-bond donors (Lipinski definition) is 0.